The van der Waals surface area contributed by atoms with Crippen molar-refractivity contribution in [2.24, 2.45) is 0 Å². The van der Waals surface area contributed by atoms with Crippen LogP contribution in [0.25, 0.3) is 11.0 Å². The third-order valence-corrected chi connectivity index (χ3v) is 5.86. The Labute approximate surface area is 200 Å². The number of benzene rings is 3. The Balaban J connectivity index is 1.69. The Kier molecular flexibility index (Phi) is 5.82. The lowest BCUT2D eigenvalue weighted by molar-refractivity contribution is -0.113. The van der Waals surface area contributed by atoms with E-state index >= 15 is 0 Å². The molecule has 1 amide bonds. The third-order valence-electron chi connectivity index (χ3n) is 5.86. The lowest BCUT2D eigenvalue weighted by Crippen LogP contribution is -2.31. The largest absolute Gasteiger partial charge is 0.495 e. The molecule has 0 unspecified atom stereocenters. The normalized spacial score (nSPS) is 15.1. The minimum absolute atomic E-state index is 0.0199. The van der Waals surface area contributed by atoms with Crippen LogP contribution in [0.2, 0.25) is 0 Å². The Bertz CT molecular complexity index is 1450. The van der Waals surface area contributed by atoms with Crippen LogP contribution in [0.15, 0.2) is 84.1 Å². The van der Waals surface area contributed by atoms with Gasteiger partial charge in [0.25, 0.3) is 5.91 Å². The lowest BCUT2D eigenvalue weighted by Gasteiger charge is -2.31. The predicted octanol–water partition coefficient (Wildman–Crippen LogP) is 5.57. The average Bonchev–Trinajstić information content (AvgIpc) is 3.21. The number of carbonyl (C=O) groups is 1. The van der Waals surface area contributed by atoms with Gasteiger partial charge in [0.15, 0.2) is 0 Å². The number of fused-ring (bicyclic) bond motifs is 3. The van der Waals surface area contributed by atoms with Crippen molar-refractivity contribution in [3.05, 3.63) is 89.6 Å². The fourth-order valence-electron chi connectivity index (χ4n) is 4.40. The number of imidazole rings is 1. The van der Waals surface area contributed by atoms with Gasteiger partial charge in [-0.2, -0.15) is 8.78 Å². The summed E-state index contributed by atoms with van der Waals surface area (Å²) < 4.78 is 38.7. The lowest BCUT2D eigenvalue weighted by atomic mass is 9.93. The second kappa shape index (κ2) is 9.09. The van der Waals surface area contributed by atoms with Crippen LogP contribution in [0.4, 0.5) is 20.4 Å². The van der Waals surface area contributed by atoms with Crippen LogP contribution in [0.3, 0.4) is 0 Å². The zero-order chi connectivity index (χ0) is 24.5. The molecular weight excluding hydrogens is 454 g/mol. The van der Waals surface area contributed by atoms with Crippen LogP contribution in [-0.4, -0.2) is 29.2 Å². The summed E-state index contributed by atoms with van der Waals surface area (Å²) in [5, 5.41) is 6.11. The van der Waals surface area contributed by atoms with Crippen LogP contribution >= 0.6 is 0 Å². The number of carbonyl (C=O) groups excluding carboxylic acids is 1. The van der Waals surface area contributed by atoms with Crippen molar-refractivity contribution in [2.75, 3.05) is 17.7 Å². The zero-order valence-corrected chi connectivity index (χ0v) is 19.0. The molecule has 178 valence electrons. The highest BCUT2D eigenvalue weighted by molar-refractivity contribution is 6.07. The van der Waals surface area contributed by atoms with Crippen molar-refractivity contribution < 1.29 is 23.0 Å². The maximum absolute atomic E-state index is 13.7. The maximum Gasteiger partial charge on any atom is 0.387 e. The van der Waals surface area contributed by atoms with E-state index in [-0.39, 0.29) is 5.75 Å². The summed E-state index contributed by atoms with van der Waals surface area (Å²) in [6.45, 7) is -1.27. The Morgan fingerprint density at radius 2 is 1.71 bits per heavy atom. The molecule has 3 aromatic carbocycles. The molecule has 4 aromatic rings. The number of ether oxygens (including phenoxy) is 2. The van der Waals surface area contributed by atoms with E-state index in [2.05, 4.69) is 15.6 Å². The fraction of sp³-hybridized carbons (Fsp3) is 0.154. The van der Waals surface area contributed by atoms with Gasteiger partial charge in [-0.05, 0) is 37.3 Å². The molecule has 1 aliphatic heterocycles. The molecule has 2 N–H and O–H groups in total. The first kappa shape index (κ1) is 22.4. The number of hydrogen-bond acceptors (Lipinski definition) is 5. The number of amides is 1. The quantitative estimate of drug-likeness (QED) is 0.380. The van der Waals surface area contributed by atoms with E-state index in [1.807, 2.05) is 28.8 Å². The van der Waals surface area contributed by atoms with E-state index in [0.717, 1.165) is 5.52 Å². The zero-order valence-electron chi connectivity index (χ0n) is 19.0. The van der Waals surface area contributed by atoms with E-state index in [0.29, 0.717) is 39.7 Å². The SMILES string of the molecule is COc1ccccc1NC(=O)C1=C(C)Nc2nc3ccccc3n2[C@@H]1c1ccccc1OC(F)F. The molecule has 1 aromatic heterocycles. The summed E-state index contributed by atoms with van der Waals surface area (Å²) in [4.78, 5) is 18.4. The van der Waals surface area contributed by atoms with Crippen LogP contribution in [-0.2, 0) is 4.79 Å². The minimum atomic E-state index is -3.02. The van der Waals surface area contributed by atoms with Crippen LogP contribution < -0.4 is 20.1 Å². The summed E-state index contributed by atoms with van der Waals surface area (Å²) in [6, 6.07) is 20.2. The van der Waals surface area contributed by atoms with Crippen molar-refractivity contribution >= 4 is 28.6 Å². The van der Waals surface area contributed by atoms with E-state index in [1.54, 1.807) is 49.4 Å². The highest BCUT2D eigenvalue weighted by atomic mass is 19.3. The van der Waals surface area contributed by atoms with Crippen molar-refractivity contribution in [2.45, 2.75) is 19.6 Å². The van der Waals surface area contributed by atoms with E-state index in [4.69, 9.17) is 9.47 Å². The number of alkyl halides is 2. The van der Waals surface area contributed by atoms with E-state index < -0.39 is 18.6 Å². The van der Waals surface area contributed by atoms with Gasteiger partial charge in [-0.15, -0.1) is 0 Å². The summed E-state index contributed by atoms with van der Waals surface area (Å²) in [6.07, 6.45) is 0. The molecule has 5 rings (SSSR count). The van der Waals surface area contributed by atoms with Gasteiger partial charge in [0.05, 0.1) is 35.4 Å². The first-order valence-electron chi connectivity index (χ1n) is 10.9. The minimum Gasteiger partial charge on any atom is -0.495 e. The number of hydrogen-bond donors (Lipinski definition) is 2. The molecule has 35 heavy (non-hydrogen) atoms. The number of methoxy groups -OCH3 is 1. The number of allylic oxidation sites excluding steroid dienone is 1. The molecule has 0 saturated carbocycles. The topological polar surface area (TPSA) is 77.4 Å². The molecule has 0 saturated heterocycles. The Morgan fingerprint density at radius 3 is 2.49 bits per heavy atom. The highest BCUT2D eigenvalue weighted by Gasteiger charge is 2.36. The molecule has 9 heteroatoms. The number of aromatic nitrogens is 2. The highest BCUT2D eigenvalue weighted by Crippen LogP contribution is 2.43. The van der Waals surface area contributed by atoms with E-state index in [9.17, 15) is 13.6 Å². The number of anilines is 2. The molecular formula is C26H22F2N4O3. The van der Waals surface area contributed by atoms with Crippen molar-refractivity contribution in [1.29, 1.82) is 0 Å². The molecule has 1 aliphatic rings. The molecule has 1 atom stereocenters. The van der Waals surface area contributed by atoms with Crippen molar-refractivity contribution in [1.82, 2.24) is 9.55 Å². The molecule has 7 nitrogen and oxygen atoms in total. The van der Waals surface area contributed by atoms with Gasteiger partial charge in [0.1, 0.15) is 11.5 Å². The third kappa shape index (κ3) is 4.05. The monoisotopic (exact) mass is 476 g/mol. The Morgan fingerprint density at radius 1 is 1.03 bits per heavy atom. The second-order valence-electron chi connectivity index (χ2n) is 7.93. The second-order valence-corrected chi connectivity index (χ2v) is 7.93. The number of nitrogens with one attached hydrogen (secondary N) is 2. The van der Waals surface area contributed by atoms with Gasteiger partial charge in [-0.3, -0.25) is 9.36 Å². The van der Waals surface area contributed by atoms with Gasteiger partial charge in [-0.25, -0.2) is 4.98 Å². The van der Waals surface area contributed by atoms with Crippen molar-refractivity contribution in [3.63, 3.8) is 0 Å². The standard InChI is InChI=1S/C26H22F2N4O3/c1-15-22(24(33)30-18-11-5-8-14-21(18)34-2)23(16-9-3-7-13-20(16)35-25(27)28)32-19-12-6-4-10-17(19)31-26(32)29-15/h3-14,23,25H,1-2H3,(H,29,31)(H,30,33)/t23-/m1/s1. The fourth-order valence-corrected chi connectivity index (χ4v) is 4.40. The molecule has 0 fully saturated rings. The average molecular weight is 476 g/mol. The number of halogens is 2. The van der Waals surface area contributed by atoms with Crippen molar-refractivity contribution in [3.8, 4) is 11.5 Å². The summed E-state index contributed by atoms with van der Waals surface area (Å²) >= 11 is 0. The Hall–Kier alpha value is -4.40. The molecule has 0 bridgehead atoms. The van der Waals surface area contributed by atoms with E-state index in [1.165, 1.54) is 13.2 Å². The van der Waals surface area contributed by atoms with Gasteiger partial charge < -0.3 is 20.1 Å². The van der Waals surface area contributed by atoms with Crippen LogP contribution in [0.5, 0.6) is 11.5 Å². The number of nitrogens with zero attached hydrogens (tertiary/aromatic N) is 2. The summed E-state index contributed by atoms with van der Waals surface area (Å²) in [7, 11) is 1.52. The summed E-state index contributed by atoms with van der Waals surface area (Å²) in [5.74, 6) is 0.553. The van der Waals surface area contributed by atoms with Gasteiger partial charge >= 0.3 is 6.61 Å². The van der Waals surface area contributed by atoms with Gasteiger partial charge in [0, 0.05) is 11.3 Å². The molecule has 0 radical (unpaired) electrons. The molecule has 0 aliphatic carbocycles. The van der Waals surface area contributed by atoms with Crippen LogP contribution in [0, 0.1) is 0 Å². The first-order chi connectivity index (χ1) is 17.0. The smallest absolute Gasteiger partial charge is 0.387 e. The van der Waals surface area contributed by atoms with Gasteiger partial charge in [-0.1, -0.05) is 42.5 Å². The predicted molar refractivity (Wildman–Crippen MR) is 129 cm³/mol. The van der Waals surface area contributed by atoms with Crippen LogP contribution in [0.1, 0.15) is 18.5 Å². The maximum atomic E-state index is 13.7. The molecule has 2 heterocycles. The molecule has 0 spiro atoms. The number of para-hydroxylation sites is 5. The van der Waals surface area contributed by atoms with Gasteiger partial charge in [0.2, 0.25) is 5.95 Å². The first-order valence-corrected chi connectivity index (χ1v) is 10.9. The summed E-state index contributed by atoms with van der Waals surface area (Å²) in [5.41, 5.74) is 3.20. The number of rotatable bonds is 6.